The number of rotatable bonds is 7. The van der Waals surface area contributed by atoms with E-state index in [1.807, 2.05) is 16.9 Å². The highest BCUT2D eigenvalue weighted by Crippen LogP contribution is 2.38. The van der Waals surface area contributed by atoms with Crippen LogP contribution >= 0.6 is 0 Å². The van der Waals surface area contributed by atoms with Crippen molar-refractivity contribution in [2.45, 2.75) is 44.7 Å². The number of carbonyl (C=O) groups excluding carboxylic acids is 1. The first-order chi connectivity index (χ1) is 10.2. The van der Waals surface area contributed by atoms with E-state index in [4.69, 9.17) is 4.52 Å². The average Bonchev–Trinajstić information content (AvgIpc) is 2.99. The third kappa shape index (κ3) is 3.68. The molecule has 0 spiro atoms. The molecule has 7 nitrogen and oxygen atoms in total. The van der Waals surface area contributed by atoms with Gasteiger partial charge in [0.15, 0.2) is 5.82 Å². The number of aryl methyl sites for hydroxylation is 1. The van der Waals surface area contributed by atoms with Gasteiger partial charge in [-0.2, -0.15) is 10.1 Å². The summed E-state index contributed by atoms with van der Waals surface area (Å²) in [5.74, 6) is 1.82. The van der Waals surface area contributed by atoms with Gasteiger partial charge in [0, 0.05) is 38.3 Å². The van der Waals surface area contributed by atoms with Crippen molar-refractivity contribution >= 4 is 5.91 Å². The van der Waals surface area contributed by atoms with Crippen LogP contribution in [0.25, 0.3) is 0 Å². The third-order valence-electron chi connectivity index (χ3n) is 3.55. The number of amides is 1. The first kappa shape index (κ1) is 13.8. The molecule has 1 amide bonds. The van der Waals surface area contributed by atoms with Crippen molar-refractivity contribution in [1.82, 2.24) is 24.8 Å². The number of nitrogens with zero attached hydrogens (tertiary/aromatic N) is 5. The second kappa shape index (κ2) is 6.07. The summed E-state index contributed by atoms with van der Waals surface area (Å²) in [6.45, 7) is 1.15. The maximum absolute atomic E-state index is 12.0. The molecule has 2 aromatic rings. The van der Waals surface area contributed by atoms with Crippen LogP contribution in [-0.4, -0.2) is 37.8 Å². The molecule has 7 heteroatoms. The summed E-state index contributed by atoms with van der Waals surface area (Å²) in [6, 6.07) is 1.88. The fraction of sp³-hybridized carbons (Fsp3) is 0.571. The second-order valence-electron chi connectivity index (χ2n) is 5.45. The molecule has 0 N–H and O–H groups in total. The highest BCUT2D eigenvalue weighted by atomic mass is 16.5. The zero-order valence-electron chi connectivity index (χ0n) is 12.1. The second-order valence-corrected chi connectivity index (χ2v) is 5.45. The molecule has 21 heavy (non-hydrogen) atoms. The fourth-order valence-corrected chi connectivity index (χ4v) is 2.14. The monoisotopic (exact) mass is 289 g/mol. The largest absolute Gasteiger partial charge is 0.339 e. The van der Waals surface area contributed by atoms with Gasteiger partial charge in [-0.1, -0.05) is 5.16 Å². The maximum atomic E-state index is 12.0. The molecule has 1 aliphatic carbocycles. The molecule has 0 bridgehead atoms. The smallest absolute Gasteiger partial charge is 0.229 e. The Morgan fingerprint density at radius 3 is 3.10 bits per heavy atom. The van der Waals surface area contributed by atoms with Crippen LogP contribution in [0.5, 0.6) is 0 Å². The van der Waals surface area contributed by atoms with Gasteiger partial charge < -0.3 is 9.42 Å². The van der Waals surface area contributed by atoms with Gasteiger partial charge in [0.2, 0.25) is 11.8 Å². The van der Waals surface area contributed by atoms with Crippen molar-refractivity contribution in [2.75, 3.05) is 7.05 Å². The minimum Gasteiger partial charge on any atom is -0.339 e. The predicted octanol–water partition coefficient (Wildman–Crippen LogP) is 1.58. The highest BCUT2D eigenvalue weighted by molar-refractivity contribution is 5.75. The highest BCUT2D eigenvalue weighted by Gasteiger charge is 2.29. The molecule has 112 valence electrons. The quantitative estimate of drug-likeness (QED) is 0.773. The van der Waals surface area contributed by atoms with Crippen LogP contribution in [0.4, 0.5) is 0 Å². The zero-order valence-corrected chi connectivity index (χ0v) is 12.1. The Morgan fingerprint density at radius 2 is 2.38 bits per heavy atom. The Bertz CT molecular complexity index is 588. The van der Waals surface area contributed by atoms with Gasteiger partial charge in [0.1, 0.15) is 0 Å². The molecule has 2 heterocycles. The Morgan fingerprint density at radius 1 is 1.52 bits per heavy atom. The van der Waals surface area contributed by atoms with Gasteiger partial charge in [0.05, 0.1) is 6.54 Å². The molecule has 0 aromatic carbocycles. The van der Waals surface area contributed by atoms with Crippen LogP contribution in [0.3, 0.4) is 0 Å². The Kier molecular flexibility index (Phi) is 3.98. The summed E-state index contributed by atoms with van der Waals surface area (Å²) in [7, 11) is 1.77. The lowest BCUT2D eigenvalue weighted by molar-refractivity contribution is -0.130. The molecule has 0 aliphatic heterocycles. The van der Waals surface area contributed by atoms with Crippen molar-refractivity contribution in [2.24, 2.45) is 0 Å². The van der Waals surface area contributed by atoms with Gasteiger partial charge in [-0.3, -0.25) is 9.48 Å². The Balaban J connectivity index is 1.42. The SMILES string of the molecule is CN(Cc1noc(C2CC2)n1)C(=O)CCCn1cccn1. The molecule has 0 saturated heterocycles. The van der Waals surface area contributed by atoms with Crippen LogP contribution in [0, 0.1) is 0 Å². The van der Waals surface area contributed by atoms with Gasteiger partial charge in [-0.15, -0.1) is 0 Å². The van der Waals surface area contributed by atoms with E-state index in [9.17, 15) is 4.79 Å². The summed E-state index contributed by atoms with van der Waals surface area (Å²) in [6.07, 6.45) is 7.15. The van der Waals surface area contributed by atoms with Crippen molar-refractivity contribution in [1.29, 1.82) is 0 Å². The van der Waals surface area contributed by atoms with Gasteiger partial charge in [-0.05, 0) is 25.3 Å². The van der Waals surface area contributed by atoms with Crippen LogP contribution in [0.2, 0.25) is 0 Å². The predicted molar refractivity (Wildman–Crippen MR) is 74.2 cm³/mol. The lowest BCUT2D eigenvalue weighted by atomic mass is 10.3. The molecule has 1 aliphatic rings. The minimum atomic E-state index is 0.0833. The summed E-state index contributed by atoms with van der Waals surface area (Å²) < 4.78 is 7.02. The van der Waals surface area contributed by atoms with E-state index in [2.05, 4.69) is 15.2 Å². The van der Waals surface area contributed by atoms with E-state index in [1.54, 1.807) is 18.1 Å². The molecular weight excluding hydrogens is 270 g/mol. The van der Waals surface area contributed by atoms with Crippen molar-refractivity contribution < 1.29 is 9.32 Å². The number of hydrogen-bond acceptors (Lipinski definition) is 5. The Hall–Kier alpha value is -2.18. The Labute approximate surface area is 122 Å². The lowest BCUT2D eigenvalue weighted by Crippen LogP contribution is -2.26. The standard InChI is InChI=1S/C14H19N5O2/c1-18(10-12-16-14(21-17-12)11-5-6-11)13(20)4-2-8-19-9-3-7-15-19/h3,7,9,11H,2,4-6,8,10H2,1H3. The molecule has 2 aromatic heterocycles. The number of hydrogen-bond donors (Lipinski definition) is 0. The third-order valence-corrected chi connectivity index (χ3v) is 3.55. The van der Waals surface area contributed by atoms with E-state index in [0.717, 1.165) is 25.8 Å². The fourth-order valence-electron chi connectivity index (χ4n) is 2.14. The summed E-state index contributed by atoms with van der Waals surface area (Å²) in [5, 5.41) is 8.04. The number of carbonyl (C=O) groups is 1. The van der Waals surface area contributed by atoms with Crippen molar-refractivity contribution in [3.8, 4) is 0 Å². The van der Waals surface area contributed by atoms with Crippen LogP contribution in [0.15, 0.2) is 23.0 Å². The van der Waals surface area contributed by atoms with Crippen LogP contribution in [-0.2, 0) is 17.9 Å². The van der Waals surface area contributed by atoms with E-state index in [-0.39, 0.29) is 5.91 Å². The summed E-state index contributed by atoms with van der Waals surface area (Å²) in [4.78, 5) is 18.0. The molecule has 3 rings (SSSR count). The van der Waals surface area contributed by atoms with E-state index < -0.39 is 0 Å². The van der Waals surface area contributed by atoms with E-state index in [1.165, 1.54) is 0 Å². The molecule has 0 radical (unpaired) electrons. The van der Waals surface area contributed by atoms with Gasteiger partial charge in [-0.25, -0.2) is 0 Å². The first-order valence-electron chi connectivity index (χ1n) is 7.26. The van der Waals surface area contributed by atoms with Gasteiger partial charge >= 0.3 is 0 Å². The lowest BCUT2D eigenvalue weighted by Gasteiger charge is -2.14. The van der Waals surface area contributed by atoms with Crippen molar-refractivity contribution in [3.05, 3.63) is 30.2 Å². The summed E-state index contributed by atoms with van der Waals surface area (Å²) in [5.41, 5.74) is 0. The minimum absolute atomic E-state index is 0.0833. The van der Waals surface area contributed by atoms with E-state index >= 15 is 0 Å². The summed E-state index contributed by atoms with van der Waals surface area (Å²) >= 11 is 0. The number of aromatic nitrogens is 4. The molecule has 1 fully saturated rings. The normalized spacial score (nSPS) is 14.3. The van der Waals surface area contributed by atoms with Gasteiger partial charge in [0.25, 0.3) is 0 Å². The molecule has 1 saturated carbocycles. The molecule has 0 atom stereocenters. The maximum Gasteiger partial charge on any atom is 0.229 e. The molecule has 0 unspecified atom stereocenters. The van der Waals surface area contributed by atoms with Crippen LogP contribution < -0.4 is 0 Å². The zero-order chi connectivity index (χ0) is 14.7. The van der Waals surface area contributed by atoms with E-state index in [0.29, 0.717) is 30.6 Å². The topological polar surface area (TPSA) is 77.0 Å². The van der Waals surface area contributed by atoms with Crippen molar-refractivity contribution in [3.63, 3.8) is 0 Å². The molecular formula is C14H19N5O2. The first-order valence-corrected chi connectivity index (χ1v) is 7.26. The van der Waals surface area contributed by atoms with Crippen LogP contribution in [0.1, 0.15) is 43.3 Å². The average molecular weight is 289 g/mol.